The van der Waals surface area contributed by atoms with Gasteiger partial charge in [0, 0.05) is 11.7 Å². The highest BCUT2D eigenvalue weighted by molar-refractivity contribution is 5.20. The molecule has 0 aromatic heterocycles. The first-order chi connectivity index (χ1) is 5.46. The first-order valence-corrected chi connectivity index (χ1v) is 4.60. The van der Waals surface area contributed by atoms with Crippen LogP contribution < -0.4 is 5.32 Å². The third kappa shape index (κ3) is 1.99. The van der Waals surface area contributed by atoms with Crippen molar-refractivity contribution in [3.63, 3.8) is 0 Å². The number of alkyl halides is 1. The first-order valence-electron chi connectivity index (χ1n) is 4.60. The Bertz CT molecular complexity index is 182. The quantitative estimate of drug-likeness (QED) is 0.685. The average Bonchev–Trinajstić information content (AvgIpc) is 2.69. The predicted molar refractivity (Wildman–Crippen MR) is 49.6 cm³/mol. The van der Waals surface area contributed by atoms with Gasteiger partial charge in [0.25, 0.3) is 0 Å². The van der Waals surface area contributed by atoms with Gasteiger partial charge in [0.1, 0.15) is 5.67 Å². The molecule has 1 saturated carbocycles. The number of nitrogens with one attached hydrogen (secondary N) is 1. The van der Waals surface area contributed by atoms with Crippen LogP contribution in [0.2, 0.25) is 0 Å². The Morgan fingerprint density at radius 2 is 1.92 bits per heavy atom. The SMILES string of the molecule is C=C(N[C@H](C)C(C)C)C1(F)CC1. The maximum Gasteiger partial charge on any atom is 0.149 e. The fraction of sp³-hybridized carbons (Fsp3) is 0.800. The molecular weight excluding hydrogens is 153 g/mol. The van der Waals surface area contributed by atoms with Gasteiger partial charge < -0.3 is 5.32 Å². The van der Waals surface area contributed by atoms with Gasteiger partial charge in [0.05, 0.1) is 0 Å². The van der Waals surface area contributed by atoms with Crippen LogP contribution in [0.5, 0.6) is 0 Å². The lowest BCUT2D eigenvalue weighted by Crippen LogP contribution is -2.33. The highest BCUT2D eigenvalue weighted by Crippen LogP contribution is 2.44. The van der Waals surface area contributed by atoms with Crippen LogP contribution >= 0.6 is 0 Å². The highest BCUT2D eigenvalue weighted by atomic mass is 19.1. The molecule has 0 aliphatic heterocycles. The van der Waals surface area contributed by atoms with E-state index in [0.717, 1.165) is 0 Å². The molecule has 1 aliphatic rings. The number of rotatable bonds is 4. The van der Waals surface area contributed by atoms with E-state index in [1.807, 2.05) is 0 Å². The summed E-state index contributed by atoms with van der Waals surface area (Å²) in [5, 5.41) is 3.11. The van der Waals surface area contributed by atoms with Crippen molar-refractivity contribution in [3.8, 4) is 0 Å². The second kappa shape index (κ2) is 3.08. The van der Waals surface area contributed by atoms with Gasteiger partial charge in [-0.05, 0) is 25.7 Å². The molecular formula is C10H18FN. The zero-order chi connectivity index (χ0) is 9.35. The maximum atomic E-state index is 13.4. The lowest BCUT2D eigenvalue weighted by atomic mass is 10.1. The molecule has 1 atom stereocenters. The summed E-state index contributed by atoms with van der Waals surface area (Å²) >= 11 is 0. The molecule has 70 valence electrons. The largest absolute Gasteiger partial charge is 0.384 e. The molecule has 1 aliphatic carbocycles. The van der Waals surface area contributed by atoms with Crippen molar-refractivity contribution in [2.75, 3.05) is 0 Å². The summed E-state index contributed by atoms with van der Waals surface area (Å²) in [7, 11) is 0. The Balaban J connectivity index is 2.36. The van der Waals surface area contributed by atoms with Crippen molar-refractivity contribution in [3.05, 3.63) is 12.3 Å². The fourth-order valence-electron chi connectivity index (χ4n) is 0.982. The molecule has 1 N–H and O–H groups in total. The second-order valence-corrected chi connectivity index (χ2v) is 4.12. The van der Waals surface area contributed by atoms with Gasteiger partial charge in [-0.15, -0.1) is 0 Å². The number of allylic oxidation sites excluding steroid dienone is 1. The normalized spacial score (nSPS) is 22.1. The molecule has 0 bridgehead atoms. The van der Waals surface area contributed by atoms with Crippen LogP contribution in [-0.4, -0.2) is 11.7 Å². The van der Waals surface area contributed by atoms with Crippen LogP contribution in [0.1, 0.15) is 33.6 Å². The Morgan fingerprint density at radius 3 is 2.25 bits per heavy atom. The summed E-state index contributed by atoms with van der Waals surface area (Å²) in [5.74, 6) is 0.518. The third-order valence-corrected chi connectivity index (χ3v) is 2.63. The monoisotopic (exact) mass is 171 g/mol. The molecule has 0 heterocycles. The van der Waals surface area contributed by atoms with E-state index in [9.17, 15) is 4.39 Å². The van der Waals surface area contributed by atoms with Crippen molar-refractivity contribution in [2.45, 2.75) is 45.3 Å². The minimum Gasteiger partial charge on any atom is -0.384 e. The average molecular weight is 171 g/mol. The minimum atomic E-state index is -1.08. The zero-order valence-electron chi connectivity index (χ0n) is 8.15. The number of hydrogen-bond donors (Lipinski definition) is 1. The van der Waals surface area contributed by atoms with Crippen molar-refractivity contribution in [1.82, 2.24) is 5.32 Å². The van der Waals surface area contributed by atoms with Gasteiger partial charge in [0.15, 0.2) is 0 Å². The third-order valence-electron chi connectivity index (χ3n) is 2.63. The Labute approximate surface area is 74.0 Å². The van der Waals surface area contributed by atoms with Crippen molar-refractivity contribution >= 4 is 0 Å². The summed E-state index contributed by atoms with van der Waals surface area (Å²) in [6.45, 7) is 10.0. The number of halogens is 1. The van der Waals surface area contributed by atoms with Crippen LogP contribution in [0.4, 0.5) is 4.39 Å². The van der Waals surface area contributed by atoms with E-state index in [4.69, 9.17) is 0 Å². The van der Waals surface area contributed by atoms with E-state index in [-0.39, 0.29) is 0 Å². The van der Waals surface area contributed by atoms with E-state index in [0.29, 0.717) is 30.5 Å². The van der Waals surface area contributed by atoms with Crippen molar-refractivity contribution < 1.29 is 4.39 Å². The molecule has 1 fully saturated rings. The van der Waals surface area contributed by atoms with Crippen LogP contribution in [0.3, 0.4) is 0 Å². The Hall–Kier alpha value is -0.530. The van der Waals surface area contributed by atoms with Crippen LogP contribution in [0, 0.1) is 5.92 Å². The Kier molecular flexibility index (Phi) is 2.45. The van der Waals surface area contributed by atoms with Crippen LogP contribution in [0.25, 0.3) is 0 Å². The van der Waals surface area contributed by atoms with Crippen LogP contribution in [-0.2, 0) is 0 Å². The van der Waals surface area contributed by atoms with Gasteiger partial charge in [-0.3, -0.25) is 0 Å². The van der Waals surface area contributed by atoms with E-state index in [1.165, 1.54) is 0 Å². The fourth-order valence-corrected chi connectivity index (χ4v) is 0.982. The summed E-state index contributed by atoms with van der Waals surface area (Å²) in [5.41, 5.74) is -0.507. The topological polar surface area (TPSA) is 12.0 Å². The van der Waals surface area contributed by atoms with E-state index < -0.39 is 5.67 Å². The van der Waals surface area contributed by atoms with E-state index in [1.54, 1.807) is 0 Å². The summed E-state index contributed by atoms with van der Waals surface area (Å²) < 4.78 is 13.4. The maximum absolute atomic E-state index is 13.4. The lowest BCUT2D eigenvalue weighted by Gasteiger charge is -2.22. The summed E-state index contributed by atoms with van der Waals surface area (Å²) in [4.78, 5) is 0. The zero-order valence-corrected chi connectivity index (χ0v) is 8.15. The van der Waals surface area contributed by atoms with Gasteiger partial charge in [0.2, 0.25) is 0 Å². The Morgan fingerprint density at radius 1 is 1.42 bits per heavy atom. The molecule has 2 heteroatoms. The van der Waals surface area contributed by atoms with E-state index >= 15 is 0 Å². The summed E-state index contributed by atoms with van der Waals surface area (Å²) in [6.07, 6.45) is 1.29. The first kappa shape index (κ1) is 9.56. The second-order valence-electron chi connectivity index (χ2n) is 4.12. The minimum absolute atomic E-state index is 0.311. The smallest absolute Gasteiger partial charge is 0.149 e. The van der Waals surface area contributed by atoms with Gasteiger partial charge in [-0.1, -0.05) is 20.4 Å². The molecule has 1 rings (SSSR count). The molecule has 0 aromatic rings. The lowest BCUT2D eigenvalue weighted by molar-refractivity contribution is 0.324. The highest BCUT2D eigenvalue weighted by Gasteiger charge is 2.46. The predicted octanol–water partition coefficient (Wildman–Crippen LogP) is 2.64. The van der Waals surface area contributed by atoms with E-state index in [2.05, 4.69) is 32.7 Å². The standard InChI is InChI=1S/C10H18FN/c1-7(2)8(3)12-9(4)10(11)5-6-10/h7-8,12H,4-6H2,1-3H3/t8-/m1/s1. The molecule has 0 spiro atoms. The molecule has 0 unspecified atom stereocenters. The molecule has 0 aromatic carbocycles. The van der Waals surface area contributed by atoms with Gasteiger partial charge in [-0.2, -0.15) is 0 Å². The van der Waals surface area contributed by atoms with Crippen molar-refractivity contribution in [2.24, 2.45) is 5.92 Å². The number of hydrogen-bond acceptors (Lipinski definition) is 1. The molecule has 1 nitrogen and oxygen atoms in total. The van der Waals surface area contributed by atoms with Gasteiger partial charge >= 0.3 is 0 Å². The molecule has 0 amide bonds. The summed E-state index contributed by atoms with van der Waals surface area (Å²) in [6, 6.07) is 0.311. The molecule has 12 heavy (non-hydrogen) atoms. The van der Waals surface area contributed by atoms with Crippen molar-refractivity contribution in [1.29, 1.82) is 0 Å². The van der Waals surface area contributed by atoms with Crippen LogP contribution in [0.15, 0.2) is 12.3 Å². The molecule has 0 radical (unpaired) electrons. The molecule has 0 saturated heterocycles. The van der Waals surface area contributed by atoms with Gasteiger partial charge in [-0.25, -0.2) is 4.39 Å².